The van der Waals surface area contributed by atoms with E-state index in [1.54, 1.807) is 6.07 Å². The third-order valence-electron chi connectivity index (χ3n) is 2.46. The Bertz CT molecular complexity index is 723. The van der Waals surface area contributed by atoms with Gasteiger partial charge in [0.2, 0.25) is 0 Å². The van der Waals surface area contributed by atoms with Gasteiger partial charge in [0.05, 0.1) is 17.2 Å². The Hall–Kier alpha value is -2.94. The van der Waals surface area contributed by atoms with E-state index >= 15 is 0 Å². The number of carboxylic acids is 1. The minimum atomic E-state index is -1.40. The van der Waals surface area contributed by atoms with Crippen LogP contribution in [-0.4, -0.2) is 11.1 Å². The van der Waals surface area contributed by atoms with Crippen LogP contribution in [0.15, 0.2) is 36.4 Å². The molecule has 0 amide bonds. The number of halogens is 2. The molecule has 0 aromatic heterocycles. The fourth-order valence-electron chi connectivity index (χ4n) is 1.51. The maximum absolute atomic E-state index is 13.6. The average Bonchev–Trinajstić information content (AvgIpc) is 2.40. The highest BCUT2D eigenvalue weighted by Crippen LogP contribution is 2.26. The molecule has 0 spiro atoms. The van der Waals surface area contributed by atoms with Crippen molar-refractivity contribution in [2.75, 3.05) is 0 Å². The second-order valence-corrected chi connectivity index (χ2v) is 3.81. The van der Waals surface area contributed by atoms with Gasteiger partial charge in [-0.2, -0.15) is 5.26 Å². The Balaban J connectivity index is 2.29. The maximum atomic E-state index is 13.6. The van der Waals surface area contributed by atoms with Crippen LogP contribution in [0.5, 0.6) is 11.5 Å². The first-order valence-corrected chi connectivity index (χ1v) is 5.41. The number of aromatic carboxylic acids is 1. The lowest BCUT2D eigenvalue weighted by Gasteiger charge is -2.07. The predicted molar refractivity (Wildman–Crippen MR) is 64.5 cm³/mol. The van der Waals surface area contributed by atoms with Gasteiger partial charge in [-0.1, -0.05) is 0 Å². The number of hydrogen-bond acceptors (Lipinski definition) is 3. The van der Waals surface area contributed by atoms with E-state index in [1.165, 1.54) is 18.2 Å². The number of nitrogens with zero attached hydrogens (tertiary/aromatic N) is 1. The summed E-state index contributed by atoms with van der Waals surface area (Å²) in [5, 5.41) is 17.3. The summed E-state index contributed by atoms with van der Waals surface area (Å²) in [6.45, 7) is 0. The molecule has 0 radical (unpaired) electrons. The highest BCUT2D eigenvalue weighted by Gasteiger charge is 2.12. The van der Waals surface area contributed by atoms with Crippen molar-refractivity contribution in [2.24, 2.45) is 0 Å². The van der Waals surface area contributed by atoms with Crippen molar-refractivity contribution < 1.29 is 23.4 Å². The molecule has 0 aliphatic rings. The van der Waals surface area contributed by atoms with Gasteiger partial charge in [0.25, 0.3) is 0 Å². The molecule has 2 aromatic rings. The van der Waals surface area contributed by atoms with Crippen molar-refractivity contribution in [2.45, 2.75) is 0 Å². The zero-order chi connectivity index (χ0) is 14.7. The van der Waals surface area contributed by atoms with Gasteiger partial charge in [0.15, 0.2) is 11.6 Å². The van der Waals surface area contributed by atoms with Crippen molar-refractivity contribution in [1.29, 1.82) is 5.26 Å². The third kappa shape index (κ3) is 2.72. The Labute approximate surface area is 112 Å². The van der Waals surface area contributed by atoms with Crippen LogP contribution in [-0.2, 0) is 0 Å². The van der Waals surface area contributed by atoms with Crippen LogP contribution in [0.25, 0.3) is 0 Å². The van der Waals surface area contributed by atoms with E-state index in [0.717, 1.165) is 18.2 Å². The van der Waals surface area contributed by atoms with Crippen molar-refractivity contribution in [3.8, 4) is 17.6 Å². The fraction of sp³-hybridized carbons (Fsp3) is 0. The second kappa shape index (κ2) is 5.36. The summed E-state index contributed by atoms with van der Waals surface area (Å²) in [6.07, 6.45) is 0. The largest absolute Gasteiger partial charge is 0.478 e. The minimum absolute atomic E-state index is 0.0453. The van der Waals surface area contributed by atoms with Crippen molar-refractivity contribution >= 4 is 5.97 Å². The number of hydrogen-bond donors (Lipinski definition) is 1. The Morgan fingerprint density at radius 2 is 1.90 bits per heavy atom. The molecule has 0 saturated heterocycles. The molecule has 0 aliphatic heterocycles. The lowest BCUT2D eigenvalue weighted by Crippen LogP contribution is -2.00. The first-order valence-electron chi connectivity index (χ1n) is 5.41. The van der Waals surface area contributed by atoms with Crippen LogP contribution < -0.4 is 4.74 Å². The van der Waals surface area contributed by atoms with E-state index in [2.05, 4.69) is 0 Å². The van der Waals surface area contributed by atoms with Gasteiger partial charge in [-0.3, -0.25) is 0 Å². The summed E-state index contributed by atoms with van der Waals surface area (Å²) in [7, 11) is 0. The molecule has 2 aromatic carbocycles. The van der Waals surface area contributed by atoms with E-state index in [9.17, 15) is 13.6 Å². The fourth-order valence-corrected chi connectivity index (χ4v) is 1.51. The quantitative estimate of drug-likeness (QED) is 0.932. The van der Waals surface area contributed by atoms with Crippen LogP contribution in [0, 0.1) is 23.0 Å². The summed E-state index contributed by atoms with van der Waals surface area (Å²) in [5.41, 5.74) is -0.375. The first kappa shape index (κ1) is 13.5. The van der Waals surface area contributed by atoms with Crippen LogP contribution in [0.1, 0.15) is 15.9 Å². The van der Waals surface area contributed by atoms with Gasteiger partial charge in [-0.25, -0.2) is 13.6 Å². The van der Waals surface area contributed by atoms with Gasteiger partial charge in [0, 0.05) is 6.07 Å². The van der Waals surface area contributed by atoms with Crippen molar-refractivity contribution in [1.82, 2.24) is 0 Å². The van der Waals surface area contributed by atoms with Gasteiger partial charge < -0.3 is 9.84 Å². The van der Waals surface area contributed by atoms with E-state index in [1.807, 2.05) is 0 Å². The first-order chi connectivity index (χ1) is 9.51. The van der Waals surface area contributed by atoms with Gasteiger partial charge >= 0.3 is 5.97 Å². The standard InChI is InChI=1S/C14H7F2NO3/c15-11-6-9(2-3-10(11)14(18)19)20-13-4-1-8(7-17)5-12(13)16/h1-6H,(H,18,19). The smallest absolute Gasteiger partial charge is 0.338 e. The molecular weight excluding hydrogens is 268 g/mol. The zero-order valence-electron chi connectivity index (χ0n) is 9.93. The topological polar surface area (TPSA) is 70.3 Å². The van der Waals surface area contributed by atoms with Gasteiger partial charge in [-0.05, 0) is 30.3 Å². The molecule has 4 nitrogen and oxygen atoms in total. The maximum Gasteiger partial charge on any atom is 0.338 e. The summed E-state index contributed by atoms with van der Waals surface area (Å²) >= 11 is 0. The van der Waals surface area contributed by atoms with Crippen molar-refractivity contribution in [3.63, 3.8) is 0 Å². The molecule has 0 bridgehead atoms. The molecule has 1 N–H and O–H groups in total. The summed E-state index contributed by atoms with van der Waals surface area (Å²) < 4.78 is 32.1. The predicted octanol–water partition coefficient (Wildman–Crippen LogP) is 3.33. The molecule has 0 saturated carbocycles. The van der Waals surface area contributed by atoms with Gasteiger partial charge in [0.1, 0.15) is 11.6 Å². The molecule has 20 heavy (non-hydrogen) atoms. The van der Waals surface area contributed by atoms with Crippen LogP contribution >= 0.6 is 0 Å². The molecule has 100 valence electrons. The summed E-state index contributed by atoms with van der Waals surface area (Å²) in [5.74, 6) is -3.39. The summed E-state index contributed by atoms with van der Waals surface area (Å²) in [6, 6.07) is 8.41. The van der Waals surface area contributed by atoms with E-state index in [0.29, 0.717) is 0 Å². The van der Waals surface area contributed by atoms with Crippen LogP contribution in [0.4, 0.5) is 8.78 Å². The Morgan fingerprint density at radius 1 is 1.15 bits per heavy atom. The molecule has 0 aliphatic carbocycles. The van der Waals surface area contributed by atoms with Crippen LogP contribution in [0.3, 0.4) is 0 Å². The molecule has 6 heteroatoms. The average molecular weight is 275 g/mol. The number of carboxylic acid groups (broad SMARTS) is 1. The SMILES string of the molecule is N#Cc1ccc(Oc2ccc(C(=O)O)c(F)c2)c(F)c1. The lowest BCUT2D eigenvalue weighted by atomic mass is 10.2. The minimum Gasteiger partial charge on any atom is -0.478 e. The molecule has 0 fully saturated rings. The summed E-state index contributed by atoms with van der Waals surface area (Å²) in [4.78, 5) is 10.6. The molecule has 0 unspecified atom stereocenters. The Kier molecular flexibility index (Phi) is 3.62. The van der Waals surface area contributed by atoms with Crippen LogP contribution in [0.2, 0.25) is 0 Å². The molecule has 0 atom stereocenters. The molecule has 2 rings (SSSR count). The van der Waals surface area contributed by atoms with E-state index in [-0.39, 0.29) is 17.1 Å². The van der Waals surface area contributed by atoms with Gasteiger partial charge in [-0.15, -0.1) is 0 Å². The number of rotatable bonds is 3. The second-order valence-electron chi connectivity index (χ2n) is 3.81. The highest BCUT2D eigenvalue weighted by molar-refractivity contribution is 5.88. The zero-order valence-corrected chi connectivity index (χ0v) is 9.93. The Morgan fingerprint density at radius 3 is 2.45 bits per heavy atom. The van der Waals surface area contributed by atoms with E-state index in [4.69, 9.17) is 15.1 Å². The lowest BCUT2D eigenvalue weighted by molar-refractivity contribution is 0.0692. The monoisotopic (exact) mass is 275 g/mol. The molecule has 0 heterocycles. The number of benzene rings is 2. The number of carbonyl (C=O) groups is 1. The molecular formula is C14H7F2NO3. The van der Waals surface area contributed by atoms with E-state index < -0.39 is 23.2 Å². The van der Waals surface area contributed by atoms with Crippen molar-refractivity contribution in [3.05, 3.63) is 59.2 Å². The highest BCUT2D eigenvalue weighted by atomic mass is 19.1. The number of nitriles is 1. The number of ether oxygens (including phenoxy) is 1. The third-order valence-corrected chi connectivity index (χ3v) is 2.46. The normalized spacial score (nSPS) is 9.85.